The fourth-order valence-electron chi connectivity index (χ4n) is 0.644. The summed E-state index contributed by atoms with van der Waals surface area (Å²) < 4.78 is 4.61. The minimum absolute atomic E-state index is 0.0572. The standard InChI is InChI=1S/C7H14N2O4/c8-5(4-6(9)11)7(12)13-3-1-2-10/h5,10H,1-4,8H2,(H2,9,11)/t5-/m0/s1. The van der Waals surface area contributed by atoms with Crippen LogP contribution in [0.2, 0.25) is 0 Å². The molecule has 0 saturated heterocycles. The van der Waals surface area contributed by atoms with Crippen LogP contribution in [0.5, 0.6) is 0 Å². The molecule has 6 heteroatoms. The number of carbonyl (C=O) groups excluding carboxylic acids is 2. The van der Waals surface area contributed by atoms with Crippen LogP contribution in [0.15, 0.2) is 0 Å². The number of aliphatic hydroxyl groups excluding tert-OH is 1. The van der Waals surface area contributed by atoms with E-state index in [0.717, 1.165) is 0 Å². The smallest absolute Gasteiger partial charge is 0.323 e. The van der Waals surface area contributed by atoms with Gasteiger partial charge in [0.25, 0.3) is 0 Å². The number of rotatable bonds is 6. The number of aliphatic hydroxyl groups is 1. The monoisotopic (exact) mass is 190 g/mol. The zero-order chi connectivity index (χ0) is 10.3. The van der Waals surface area contributed by atoms with Crippen molar-refractivity contribution in [2.24, 2.45) is 11.5 Å². The molecule has 0 radical (unpaired) electrons. The van der Waals surface area contributed by atoms with Crippen LogP contribution in [0, 0.1) is 0 Å². The molecule has 0 aromatic rings. The molecule has 1 amide bonds. The summed E-state index contributed by atoms with van der Waals surface area (Å²) in [4.78, 5) is 21.3. The second-order valence-corrected chi connectivity index (χ2v) is 2.52. The maximum atomic E-state index is 10.9. The highest BCUT2D eigenvalue weighted by Gasteiger charge is 2.16. The Morgan fingerprint density at radius 2 is 2.08 bits per heavy atom. The van der Waals surface area contributed by atoms with Crippen LogP contribution in [0.3, 0.4) is 0 Å². The summed E-state index contributed by atoms with van der Waals surface area (Å²) in [7, 11) is 0. The van der Waals surface area contributed by atoms with Crippen LogP contribution in [-0.2, 0) is 14.3 Å². The Morgan fingerprint density at radius 1 is 1.46 bits per heavy atom. The number of ether oxygens (including phenoxy) is 1. The van der Waals surface area contributed by atoms with E-state index in [0.29, 0.717) is 6.42 Å². The molecule has 0 saturated carbocycles. The Hall–Kier alpha value is -1.14. The molecule has 5 N–H and O–H groups in total. The fourth-order valence-corrected chi connectivity index (χ4v) is 0.644. The molecule has 0 aliphatic heterocycles. The summed E-state index contributed by atoms with van der Waals surface area (Å²) in [5.41, 5.74) is 10.1. The van der Waals surface area contributed by atoms with E-state index in [9.17, 15) is 9.59 Å². The van der Waals surface area contributed by atoms with E-state index in [4.69, 9.17) is 16.6 Å². The molecule has 0 bridgehead atoms. The van der Waals surface area contributed by atoms with E-state index < -0.39 is 17.9 Å². The Labute approximate surface area is 75.8 Å². The summed E-state index contributed by atoms with van der Waals surface area (Å²) in [5.74, 6) is -1.32. The van der Waals surface area contributed by atoms with Crippen molar-refractivity contribution in [3.8, 4) is 0 Å². The second kappa shape index (κ2) is 6.38. The van der Waals surface area contributed by atoms with E-state index in [-0.39, 0.29) is 19.6 Å². The van der Waals surface area contributed by atoms with Crippen LogP contribution < -0.4 is 11.5 Å². The van der Waals surface area contributed by atoms with Crippen molar-refractivity contribution >= 4 is 11.9 Å². The van der Waals surface area contributed by atoms with Crippen molar-refractivity contribution < 1.29 is 19.4 Å². The number of esters is 1. The van der Waals surface area contributed by atoms with Gasteiger partial charge in [-0.05, 0) is 0 Å². The first-order valence-electron chi connectivity index (χ1n) is 3.89. The van der Waals surface area contributed by atoms with Crippen molar-refractivity contribution in [1.82, 2.24) is 0 Å². The largest absolute Gasteiger partial charge is 0.464 e. The van der Waals surface area contributed by atoms with Gasteiger partial charge in [-0.15, -0.1) is 0 Å². The maximum Gasteiger partial charge on any atom is 0.323 e. The van der Waals surface area contributed by atoms with E-state index in [2.05, 4.69) is 4.74 Å². The third-order valence-electron chi connectivity index (χ3n) is 1.27. The molecule has 76 valence electrons. The molecule has 13 heavy (non-hydrogen) atoms. The predicted molar refractivity (Wildman–Crippen MR) is 44.4 cm³/mol. The van der Waals surface area contributed by atoms with Gasteiger partial charge >= 0.3 is 5.97 Å². The van der Waals surface area contributed by atoms with E-state index >= 15 is 0 Å². The van der Waals surface area contributed by atoms with Crippen molar-refractivity contribution in [1.29, 1.82) is 0 Å². The van der Waals surface area contributed by atoms with Gasteiger partial charge in [-0.2, -0.15) is 0 Å². The van der Waals surface area contributed by atoms with Gasteiger partial charge in [0.1, 0.15) is 6.04 Å². The highest BCUT2D eigenvalue weighted by atomic mass is 16.5. The van der Waals surface area contributed by atoms with Gasteiger partial charge in [0.2, 0.25) is 5.91 Å². The van der Waals surface area contributed by atoms with Gasteiger partial charge in [-0.25, -0.2) is 0 Å². The lowest BCUT2D eigenvalue weighted by Crippen LogP contribution is -2.36. The molecule has 0 rings (SSSR count). The van der Waals surface area contributed by atoms with E-state index in [1.807, 2.05) is 0 Å². The number of hydrogen-bond donors (Lipinski definition) is 3. The minimum Gasteiger partial charge on any atom is -0.464 e. The van der Waals surface area contributed by atoms with Gasteiger partial charge in [-0.1, -0.05) is 0 Å². The molecule has 0 heterocycles. The number of hydrogen-bond acceptors (Lipinski definition) is 5. The van der Waals surface area contributed by atoms with Crippen LogP contribution in [-0.4, -0.2) is 36.2 Å². The van der Waals surface area contributed by atoms with Crippen LogP contribution >= 0.6 is 0 Å². The highest BCUT2D eigenvalue weighted by molar-refractivity contribution is 5.84. The lowest BCUT2D eigenvalue weighted by atomic mass is 10.2. The first-order valence-corrected chi connectivity index (χ1v) is 3.89. The molecule has 0 aliphatic rings. The van der Waals surface area contributed by atoms with Gasteiger partial charge in [0.15, 0.2) is 0 Å². The molecular formula is C7H14N2O4. The second-order valence-electron chi connectivity index (χ2n) is 2.52. The molecule has 0 aromatic heterocycles. The zero-order valence-electron chi connectivity index (χ0n) is 7.23. The summed E-state index contributed by atoms with van der Waals surface area (Å²) in [5, 5.41) is 8.37. The van der Waals surface area contributed by atoms with Gasteiger partial charge < -0.3 is 21.3 Å². The van der Waals surface area contributed by atoms with Crippen LogP contribution in [0.1, 0.15) is 12.8 Å². The average Bonchev–Trinajstić information content (AvgIpc) is 2.03. The lowest BCUT2D eigenvalue weighted by molar-refractivity contribution is -0.146. The Bertz CT molecular complexity index is 183. The Balaban J connectivity index is 3.63. The molecule has 0 fully saturated rings. The van der Waals surface area contributed by atoms with Gasteiger partial charge in [0.05, 0.1) is 13.0 Å². The fraction of sp³-hybridized carbons (Fsp3) is 0.714. The molecule has 0 aliphatic carbocycles. The van der Waals surface area contributed by atoms with Crippen LogP contribution in [0.25, 0.3) is 0 Å². The molecule has 1 atom stereocenters. The van der Waals surface area contributed by atoms with Gasteiger partial charge in [0, 0.05) is 13.0 Å². The average molecular weight is 190 g/mol. The zero-order valence-corrected chi connectivity index (χ0v) is 7.23. The molecule has 0 aromatic carbocycles. The maximum absolute atomic E-state index is 10.9. The lowest BCUT2D eigenvalue weighted by Gasteiger charge is -2.08. The third kappa shape index (κ3) is 6.06. The SMILES string of the molecule is NC(=O)C[C@H](N)C(=O)OCCCO. The van der Waals surface area contributed by atoms with Crippen molar-refractivity contribution in [2.45, 2.75) is 18.9 Å². The van der Waals surface area contributed by atoms with Gasteiger partial charge in [-0.3, -0.25) is 9.59 Å². The van der Waals surface area contributed by atoms with E-state index in [1.54, 1.807) is 0 Å². The molecule has 6 nitrogen and oxygen atoms in total. The van der Waals surface area contributed by atoms with Crippen LogP contribution in [0.4, 0.5) is 0 Å². The first kappa shape index (κ1) is 11.9. The first-order chi connectivity index (χ1) is 6.07. The molecule has 0 spiro atoms. The predicted octanol–water partition coefficient (Wildman–Crippen LogP) is -1.89. The van der Waals surface area contributed by atoms with E-state index in [1.165, 1.54) is 0 Å². The summed E-state index contributed by atoms with van der Waals surface area (Å²) in [6.45, 7) is 0.0418. The Morgan fingerprint density at radius 3 is 2.54 bits per heavy atom. The number of primary amides is 1. The third-order valence-corrected chi connectivity index (χ3v) is 1.27. The van der Waals surface area contributed by atoms with Crippen molar-refractivity contribution in [3.05, 3.63) is 0 Å². The van der Waals surface area contributed by atoms with Crippen molar-refractivity contribution in [3.63, 3.8) is 0 Å². The summed E-state index contributed by atoms with van der Waals surface area (Å²) in [6.07, 6.45) is 0.132. The normalized spacial score (nSPS) is 12.2. The molecular weight excluding hydrogens is 176 g/mol. The summed E-state index contributed by atoms with van der Waals surface area (Å²) >= 11 is 0. The Kier molecular flexibility index (Phi) is 5.82. The quantitative estimate of drug-likeness (QED) is 0.334. The topological polar surface area (TPSA) is 116 Å². The highest BCUT2D eigenvalue weighted by Crippen LogP contribution is 1.92. The summed E-state index contributed by atoms with van der Waals surface area (Å²) in [6, 6.07) is -1.00. The minimum atomic E-state index is -1.00. The number of amides is 1. The van der Waals surface area contributed by atoms with Crippen molar-refractivity contribution in [2.75, 3.05) is 13.2 Å². The number of nitrogens with two attached hydrogens (primary N) is 2. The number of carbonyl (C=O) groups is 2. The molecule has 0 unspecified atom stereocenters.